The Labute approximate surface area is 159 Å². The number of ether oxygens (including phenoxy) is 1. The van der Waals surface area contributed by atoms with Gasteiger partial charge in [0.2, 0.25) is 0 Å². The molecule has 2 aromatic carbocycles. The minimum absolute atomic E-state index is 0.0484. The molecule has 0 bridgehead atoms. The van der Waals surface area contributed by atoms with Gasteiger partial charge in [-0.1, -0.05) is 55.8 Å². The van der Waals surface area contributed by atoms with Gasteiger partial charge in [0.1, 0.15) is 0 Å². The number of hydrogen-bond donors (Lipinski definition) is 1. The fraction of sp³-hybridized carbons (Fsp3) is 0.318. The lowest BCUT2D eigenvalue weighted by atomic mass is 10.0. The van der Waals surface area contributed by atoms with E-state index in [1.54, 1.807) is 18.2 Å². The summed E-state index contributed by atoms with van der Waals surface area (Å²) < 4.78 is 4.95. The lowest BCUT2D eigenvalue weighted by molar-refractivity contribution is -0.147. The summed E-state index contributed by atoms with van der Waals surface area (Å²) in [7, 11) is 0. The minimum atomic E-state index is -0.564. The molecular weight excluding hydrogens is 342 g/mol. The van der Waals surface area contributed by atoms with Crippen LogP contribution in [0.1, 0.15) is 47.7 Å². The van der Waals surface area contributed by atoms with Gasteiger partial charge in [-0.05, 0) is 30.5 Å². The van der Waals surface area contributed by atoms with Gasteiger partial charge in [-0.3, -0.25) is 14.4 Å². The summed E-state index contributed by atoms with van der Waals surface area (Å²) in [4.78, 5) is 35.8. The average molecular weight is 367 g/mol. The van der Waals surface area contributed by atoms with Crippen LogP contribution in [0, 0.1) is 6.92 Å². The van der Waals surface area contributed by atoms with Crippen molar-refractivity contribution in [2.75, 3.05) is 11.9 Å². The molecule has 2 aromatic rings. The molecule has 142 valence electrons. The van der Waals surface area contributed by atoms with Crippen LogP contribution in [0.4, 0.5) is 5.69 Å². The molecule has 0 saturated carbocycles. The Morgan fingerprint density at radius 3 is 2.33 bits per heavy atom. The third kappa shape index (κ3) is 6.70. The van der Waals surface area contributed by atoms with Gasteiger partial charge < -0.3 is 10.1 Å². The summed E-state index contributed by atoms with van der Waals surface area (Å²) in [6.45, 7) is 3.61. The van der Waals surface area contributed by atoms with Crippen molar-refractivity contribution in [2.45, 2.75) is 39.5 Å². The van der Waals surface area contributed by atoms with E-state index in [-0.39, 0.29) is 25.2 Å². The molecule has 0 heterocycles. The van der Waals surface area contributed by atoms with Crippen molar-refractivity contribution in [3.8, 4) is 0 Å². The SMILES string of the molecule is CCCc1ccc(C(=O)CCC(=O)OCC(=O)Nc2ccccc2C)cc1. The highest BCUT2D eigenvalue weighted by Gasteiger charge is 2.12. The predicted molar refractivity (Wildman–Crippen MR) is 105 cm³/mol. The van der Waals surface area contributed by atoms with E-state index in [9.17, 15) is 14.4 Å². The summed E-state index contributed by atoms with van der Waals surface area (Å²) in [5.74, 6) is -1.08. The van der Waals surface area contributed by atoms with Crippen molar-refractivity contribution >= 4 is 23.3 Å². The molecule has 0 aliphatic rings. The summed E-state index contributed by atoms with van der Waals surface area (Å²) in [6, 6.07) is 14.8. The zero-order valence-corrected chi connectivity index (χ0v) is 15.8. The lowest BCUT2D eigenvalue weighted by Crippen LogP contribution is -2.21. The highest BCUT2D eigenvalue weighted by molar-refractivity contribution is 5.98. The van der Waals surface area contributed by atoms with Crippen LogP contribution in [0.25, 0.3) is 0 Å². The van der Waals surface area contributed by atoms with Gasteiger partial charge in [-0.2, -0.15) is 0 Å². The quantitative estimate of drug-likeness (QED) is 0.535. The van der Waals surface area contributed by atoms with Crippen LogP contribution in [-0.4, -0.2) is 24.3 Å². The molecule has 0 atom stereocenters. The maximum absolute atomic E-state index is 12.1. The highest BCUT2D eigenvalue weighted by Crippen LogP contribution is 2.13. The Morgan fingerprint density at radius 1 is 0.963 bits per heavy atom. The van der Waals surface area contributed by atoms with Gasteiger partial charge >= 0.3 is 5.97 Å². The largest absolute Gasteiger partial charge is 0.456 e. The molecule has 0 fully saturated rings. The lowest BCUT2D eigenvalue weighted by Gasteiger charge is -2.08. The van der Waals surface area contributed by atoms with E-state index in [1.165, 1.54) is 5.56 Å². The second-order valence-electron chi connectivity index (χ2n) is 6.39. The van der Waals surface area contributed by atoms with E-state index in [4.69, 9.17) is 4.74 Å². The number of esters is 1. The highest BCUT2D eigenvalue weighted by atomic mass is 16.5. The molecule has 0 aliphatic heterocycles. The van der Waals surface area contributed by atoms with E-state index in [0.717, 1.165) is 18.4 Å². The summed E-state index contributed by atoms with van der Waals surface area (Å²) in [5, 5.41) is 2.69. The van der Waals surface area contributed by atoms with Crippen LogP contribution in [0.15, 0.2) is 48.5 Å². The molecule has 0 aliphatic carbocycles. The second kappa shape index (κ2) is 10.3. The molecule has 1 N–H and O–H groups in total. The van der Waals surface area contributed by atoms with Crippen LogP contribution in [0.3, 0.4) is 0 Å². The van der Waals surface area contributed by atoms with Gasteiger partial charge in [0, 0.05) is 17.7 Å². The Kier molecular flexibility index (Phi) is 7.74. The number of rotatable bonds is 9. The Hall–Kier alpha value is -2.95. The molecule has 0 unspecified atom stereocenters. The number of nitrogens with one attached hydrogen (secondary N) is 1. The molecule has 0 saturated heterocycles. The Bertz CT molecular complexity index is 796. The first-order valence-corrected chi connectivity index (χ1v) is 9.13. The van der Waals surface area contributed by atoms with Gasteiger partial charge in [-0.15, -0.1) is 0 Å². The number of amides is 1. The van der Waals surface area contributed by atoms with Gasteiger partial charge in [-0.25, -0.2) is 0 Å². The molecule has 0 radical (unpaired) electrons. The number of aryl methyl sites for hydroxylation is 2. The van der Waals surface area contributed by atoms with E-state index >= 15 is 0 Å². The van der Waals surface area contributed by atoms with Crippen molar-refractivity contribution in [1.82, 2.24) is 0 Å². The topological polar surface area (TPSA) is 72.5 Å². The van der Waals surface area contributed by atoms with E-state index in [0.29, 0.717) is 11.3 Å². The molecule has 2 rings (SSSR count). The molecule has 0 spiro atoms. The zero-order valence-electron chi connectivity index (χ0n) is 15.8. The first-order chi connectivity index (χ1) is 13.0. The van der Waals surface area contributed by atoms with Crippen LogP contribution in [0.5, 0.6) is 0 Å². The van der Waals surface area contributed by atoms with Crippen molar-refractivity contribution in [3.63, 3.8) is 0 Å². The monoisotopic (exact) mass is 367 g/mol. The number of Topliss-reactive ketones (excluding diaryl/α,β-unsaturated/α-hetero) is 1. The predicted octanol–water partition coefficient (Wildman–Crippen LogP) is 4.09. The number of benzene rings is 2. The average Bonchev–Trinajstić information content (AvgIpc) is 2.67. The van der Waals surface area contributed by atoms with Crippen molar-refractivity contribution in [1.29, 1.82) is 0 Å². The van der Waals surface area contributed by atoms with E-state index in [1.807, 2.05) is 37.3 Å². The van der Waals surface area contributed by atoms with Crippen molar-refractivity contribution in [3.05, 3.63) is 65.2 Å². The van der Waals surface area contributed by atoms with E-state index in [2.05, 4.69) is 12.2 Å². The number of ketones is 1. The fourth-order valence-electron chi connectivity index (χ4n) is 2.62. The van der Waals surface area contributed by atoms with Crippen LogP contribution < -0.4 is 5.32 Å². The first-order valence-electron chi connectivity index (χ1n) is 9.13. The summed E-state index contributed by atoms with van der Waals surface area (Å²) in [6.07, 6.45) is 2.04. The van der Waals surface area contributed by atoms with Gasteiger partial charge in [0.05, 0.1) is 6.42 Å². The third-order valence-corrected chi connectivity index (χ3v) is 4.15. The van der Waals surface area contributed by atoms with Crippen molar-refractivity contribution in [2.24, 2.45) is 0 Å². The normalized spacial score (nSPS) is 10.3. The Balaban J connectivity index is 1.73. The van der Waals surface area contributed by atoms with Gasteiger partial charge in [0.15, 0.2) is 12.4 Å². The number of hydrogen-bond acceptors (Lipinski definition) is 4. The smallest absolute Gasteiger partial charge is 0.306 e. The maximum atomic E-state index is 12.1. The number of carbonyl (C=O) groups is 3. The van der Waals surface area contributed by atoms with E-state index < -0.39 is 11.9 Å². The molecule has 1 amide bonds. The number of para-hydroxylation sites is 1. The van der Waals surface area contributed by atoms with Crippen LogP contribution in [-0.2, 0) is 20.7 Å². The zero-order chi connectivity index (χ0) is 19.6. The van der Waals surface area contributed by atoms with Gasteiger partial charge in [0.25, 0.3) is 5.91 Å². The number of anilines is 1. The molecular formula is C22H25NO4. The first kappa shape index (κ1) is 20.4. The maximum Gasteiger partial charge on any atom is 0.306 e. The Morgan fingerprint density at radius 2 is 1.67 bits per heavy atom. The summed E-state index contributed by atoms with van der Waals surface area (Å²) in [5.41, 5.74) is 3.38. The van der Waals surface area contributed by atoms with Crippen LogP contribution in [0.2, 0.25) is 0 Å². The van der Waals surface area contributed by atoms with Crippen molar-refractivity contribution < 1.29 is 19.1 Å². The molecule has 27 heavy (non-hydrogen) atoms. The second-order valence-corrected chi connectivity index (χ2v) is 6.39. The summed E-state index contributed by atoms with van der Waals surface area (Å²) >= 11 is 0. The fourth-order valence-corrected chi connectivity index (χ4v) is 2.62. The minimum Gasteiger partial charge on any atom is -0.456 e. The standard InChI is InChI=1S/C22H25NO4/c1-3-6-17-9-11-18(12-10-17)20(24)13-14-22(26)27-15-21(25)23-19-8-5-4-7-16(19)2/h4-5,7-12H,3,6,13-15H2,1-2H3,(H,23,25). The third-order valence-electron chi connectivity index (χ3n) is 4.15. The number of carbonyl (C=O) groups excluding carboxylic acids is 3. The molecule has 0 aromatic heterocycles. The molecule has 5 heteroatoms. The molecule has 5 nitrogen and oxygen atoms in total. The van der Waals surface area contributed by atoms with Crippen LogP contribution >= 0.6 is 0 Å².